The van der Waals surface area contributed by atoms with Gasteiger partial charge in [-0.15, -0.1) is 0 Å². The van der Waals surface area contributed by atoms with Crippen LogP contribution in [0.3, 0.4) is 0 Å². The second-order valence-corrected chi connectivity index (χ2v) is 17.4. The molecule has 0 spiro atoms. The first-order chi connectivity index (χ1) is 28.0. The van der Waals surface area contributed by atoms with Gasteiger partial charge in [-0.3, -0.25) is 14.2 Å². The Bertz CT molecular complexity index is 1220. The van der Waals surface area contributed by atoms with Crippen LogP contribution < -0.4 is 4.89 Å². The van der Waals surface area contributed by atoms with E-state index in [9.17, 15) is 19.0 Å². The Morgan fingerprint density at radius 1 is 0.552 bits per heavy atom. The van der Waals surface area contributed by atoms with Gasteiger partial charge in [0.05, 0.1) is 27.7 Å². The van der Waals surface area contributed by atoms with Crippen LogP contribution >= 0.6 is 7.82 Å². The number of phosphoric ester groups is 1. The van der Waals surface area contributed by atoms with E-state index >= 15 is 0 Å². The predicted octanol–water partition coefficient (Wildman–Crippen LogP) is 12.4. The van der Waals surface area contributed by atoms with Crippen molar-refractivity contribution in [2.75, 3.05) is 47.5 Å². The zero-order valence-corrected chi connectivity index (χ0v) is 38.4. The van der Waals surface area contributed by atoms with Gasteiger partial charge in [0.15, 0.2) is 6.10 Å². The fraction of sp³-hybridized carbons (Fsp3) is 0.708. The van der Waals surface area contributed by atoms with Crippen molar-refractivity contribution in [1.82, 2.24) is 0 Å². The number of nitrogens with zero attached hydrogens (tertiary/aromatic N) is 1. The topological polar surface area (TPSA) is 111 Å². The Kier molecular flexibility index (Phi) is 38.1. The number of rotatable bonds is 40. The number of ether oxygens (including phenoxy) is 2. The molecule has 0 fully saturated rings. The number of phosphoric acid groups is 1. The zero-order chi connectivity index (χ0) is 42.8. The minimum absolute atomic E-state index is 0.0385. The lowest BCUT2D eigenvalue weighted by molar-refractivity contribution is -0.870. The summed E-state index contributed by atoms with van der Waals surface area (Å²) in [5, 5.41) is 0. The van der Waals surface area contributed by atoms with Crippen LogP contribution in [0.15, 0.2) is 72.9 Å². The molecule has 0 amide bonds. The third-order valence-corrected chi connectivity index (χ3v) is 10.2. The molecule has 0 saturated carbocycles. The minimum Gasteiger partial charge on any atom is -0.756 e. The molecule has 0 saturated heterocycles. The molecule has 0 N–H and O–H groups in total. The van der Waals surface area contributed by atoms with Crippen LogP contribution in [0, 0.1) is 0 Å². The van der Waals surface area contributed by atoms with E-state index in [0.717, 1.165) is 96.3 Å². The van der Waals surface area contributed by atoms with Gasteiger partial charge >= 0.3 is 11.9 Å². The van der Waals surface area contributed by atoms with Crippen LogP contribution in [0.25, 0.3) is 0 Å². The molecule has 9 nitrogen and oxygen atoms in total. The van der Waals surface area contributed by atoms with E-state index in [1.165, 1.54) is 32.1 Å². The van der Waals surface area contributed by atoms with Gasteiger partial charge in [0.25, 0.3) is 7.82 Å². The lowest BCUT2D eigenvalue weighted by atomic mass is 10.1. The van der Waals surface area contributed by atoms with Gasteiger partial charge in [-0.05, 0) is 77.0 Å². The number of allylic oxidation sites excluding steroid dienone is 12. The van der Waals surface area contributed by atoms with E-state index in [4.69, 9.17) is 18.5 Å². The molecule has 0 aromatic rings. The van der Waals surface area contributed by atoms with Crippen LogP contribution in [0.4, 0.5) is 0 Å². The standard InChI is InChI=1S/C48H84NO8P/c1-6-8-10-12-14-16-18-20-21-22-23-24-25-26-27-29-31-33-35-37-39-41-48(51)57-46(45-56-58(52,53)55-43-42-49(3,4)5)44-54-47(50)40-38-36-34-32-30-28-19-17-15-13-11-9-7-2/h8,10-11,13-14,16-17,19-21,23-24,46H,6-7,9,12,15,18,22,25-45H2,1-5H3/b10-8-,13-11-,16-14-,19-17-,21-20-,24-23-. The molecule has 0 aliphatic heterocycles. The molecular formula is C48H84NO8P. The van der Waals surface area contributed by atoms with Gasteiger partial charge in [0.2, 0.25) is 0 Å². The lowest BCUT2D eigenvalue weighted by Gasteiger charge is -2.28. The summed E-state index contributed by atoms with van der Waals surface area (Å²) in [6, 6.07) is 0. The van der Waals surface area contributed by atoms with E-state index in [-0.39, 0.29) is 26.1 Å². The Morgan fingerprint density at radius 2 is 0.983 bits per heavy atom. The zero-order valence-electron chi connectivity index (χ0n) is 37.5. The predicted molar refractivity (Wildman–Crippen MR) is 240 cm³/mol. The fourth-order valence-electron chi connectivity index (χ4n) is 5.68. The first-order valence-electron chi connectivity index (χ1n) is 22.6. The van der Waals surface area contributed by atoms with Crippen LogP contribution in [-0.4, -0.2) is 70.0 Å². The van der Waals surface area contributed by atoms with E-state index in [1.54, 1.807) is 0 Å². The van der Waals surface area contributed by atoms with Gasteiger partial charge in [0.1, 0.15) is 19.8 Å². The maximum Gasteiger partial charge on any atom is 0.306 e. The van der Waals surface area contributed by atoms with Gasteiger partial charge in [-0.25, -0.2) is 0 Å². The molecule has 0 bridgehead atoms. The molecule has 0 radical (unpaired) electrons. The summed E-state index contributed by atoms with van der Waals surface area (Å²) in [5.41, 5.74) is 0. The Hall–Kier alpha value is -2.55. The summed E-state index contributed by atoms with van der Waals surface area (Å²) < 4.78 is 33.9. The summed E-state index contributed by atoms with van der Waals surface area (Å²) in [4.78, 5) is 37.6. The molecule has 334 valence electrons. The normalized spacial score (nSPS) is 14.2. The maximum atomic E-state index is 12.7. The summed E-state index contributed by atoms with van der Waals surface area (Å²) in [6.07, 6.45) is 49.2. The number of likely N-dealkylation sites (N-methyl/N-ethyl adjacent to an activating group) is 1. The van der Waals surface area contributed by atoms with Crippen LogP contribution in [0.1, 0.15) is 168 Å². The third kappa shape index (κ3) is 43.0. The Morgan fingerprint density at radius 3 is 1.47 bits per heavy atom. The number of hydrogen-bond donors (Lipinski definition) is 0. The molecule has 10 heteroatoms. The number of esters is 2. The summed E-state index contributed by atoms with van der Waals surface area (Å²) in [5.74, 6) is -0.866. The molecule has 58 heavy (non-hydrogen) atoms. The summed E-state index contributed by atoms with van der Waals surface area (Å²) in [6.45, 7) is 4.01. The molecule has 0 aromatic heterocycles. The SMILES string of the molecule is CC/C=C\C/C=C\C/C=C\C/C=C\CCCCCCCCCCC(=O)OC(COC(=O)CCCCCCC/C=C\C/C=C\CCC)COP(=O)([O-])OCC[N+](C)(C)C. The first kappa shape index (κ1) is 55.5. The first-order valence-corrected chi connectivity index (χ1v) is 24.1. The Balaban J connectivity index is 4.35. The number of quaternary nitrogens is 1. The van der Waals surface area contributed by atoms with E-state index < -0.39 is 32.5 Å². The highest BCUT2D eigenvalue weighted by Gasteiger charge is 2.21. The molecule has 0 aliphatic rings. The number of unbranched alkanes of at least 4 members (excludes halogenated alkanes) is 14. The highest BCUT2D eigenvalue weighted by atomic mass is 31.2. The van der Waals surface area contributed by atoms with Crippen molar-refractivity contribution in [3.05, 3.63) is 72.9 Å². The van der Waals surface area contributed by atoms with Gasteiger partial charge < -0.3 is 27.9 Å². The van der Waals surface area contributed by atoms with Crippen molar-refractivity contribution in [1.29, 1.82) is 0 Å². The van der Waals surface area contributed by atoms with Gasteiger partial charge in [-0.1, -0.05) is 151 Å². The number of carbonyl (C=O) groups excluding carboxylic acids is 2. The van der Waals surface area contributed by atoms with E-state index in [2.05, 4.69) is 86.8 Å². The molecule has 2 atom stereocenters. The Labute approximate surface area is 355 Å². The van der Waals surface area contributed by atoms with Gasteiger partial charge in [-0.2, -0.15) is 0 Å². The van der Waals surface area contributed by atoms with Gasteiger partial charge in [0, 0.05) is 12.8 Å². The average molecular weight is 834 g/mol. The third-order valence-electron chi connectivity index (χ3n) is 9.19. The summed E-state index contributed by atoms with van der Waals surface area (Å²) in [7, 11) is 1.14. The van der Waals surface area contributed by atoms with Crippen LogP contribution in [-0.2, 0) is 32.7 Å². The summed E-state index contributed by atoms with van der Waals surface area (Å²) >= 11 is 0. The molecule has 0 heterocycles. The highest BCUT2D eigenvalue weighted by Crippen LogP contribution is 2.38. The van der Waals surface area contributed by atoms with E-state index in [1.807, 2.05) is 21.1 Å². The van der Waals surface area contributed by atoms with Crippen molar-refractivity contribution in [2.45, 2.75) is 174 Å². The van der Waals surface area contributed by atoms with Crippen LogP contribution in [0.5, 0.6) is 0 Å². The number of carbonyl (C=O) groups is 2. The van der Waals surface area contributed by atoms with Crippen molar-refractivity contribution >= 4 is 19.8 Å². The molecule has 0 aliphatic carbocycles. The van der Waals surface area contributed by atoms with Crippen molar-refractivity contribution in [2.24, 2.45) is 0 Å². The second kappa shape index (κ2) is 39.9. The number of hydrogen-bond acceptors (Lipinski definition) is 8. The largest absolute Gasteiger partial charge is 0.756 e. The van der Waals surface area contributed by atoms with Crippen LogP contribution in [0.2, 0.25) is 0 Å². The maximum absolute atomic E-state index is 12.7. The second-order valence-electron chi connectivity index (χ2n) is 16.0. The smallest absolute Gasteiger partial charge is 0.306 e. The van der Waals surface area contributed by atoms with Crippen molar-refractivity contribution in [3.8, 4) is 0 Å². The molecule has 0 rings (SSSR count). The monoisotopic (exact) mass is 834 g/mol. The average Bonchev–Trinajstić information content (AvgIpc) is 3.17. The minimum atomic E-state index is -4.63. The fourth-order valence-corrected chi connectivity index (χ4v) is 6.41. The van der Waals surface area contributed by atoms with Crippen molar-refractivity contribution in [3.63, 3.8) is 0 Å². The van der Waals surface area contributed by atoms with Crippen molar-refractivity contribution < 1.29 is 42.1 Å². The van der Waals surface area contributed by atoms with E-state index in [0.29, 0.717) is 23.9 Å². The highest BCUT2D eigenvalue weighted by molar-refractivity contribution is 7.45. The quantitative estimate of drug-likeness (QED) is 0.0197. The molecular weight excluding hydrogens is 750 g/mol. The lowest BCUT2D eigenvalue weighted by Crippen LogP contribution is -2.37. The molecule has 2 unspecified atom stereocenters. The molecule has 0 aromatic carbocycles.